The summed E-state index contributed by atoms with van der Waals surface area (Å²) in [4.78, 5) is 20.0. The maximum atomic E-state index is 6.22. The van der Waals surface area contributed by atoms with E-state index in [1.807, 2.05) is 6.07 Å². The van der Waals surface area contributed by atoms with Gasteiger partial charge >= 0.3 is 0 Å². The van der Waals surface area contributed by atoms with Crippen LogP contribution in [-0.4, -0.2) is 90.8 Å². The molecule has 3 heterocycles. The molecule has 2 aliphatic rings. The van der Waals surface area contributed by atoms with Gasteiger partial charge in [-0.3, -0.25) is 9.89 Å². The lowest BCUT2D eigenvalue weighted by molar-refractivity contribution is -0.0262. The number of aromatic nitrogens is 2. The van der Waals surface area contributed by atoms with E-state index < -0.39 is 0 Å². The minimum atomic E-state index is 0. The van der Waals surface area contributed by atoms with Crippen LogP contribution in [0.25, 0.3) is 0 Å². The molecule has 9 heteroatoms. The van der Waals surface area contributed by atoms with Gasteiger partial charge in [-0.1, -0.05) is 13.8 Å². The molecule has 0 radical (unpaired) electrons. The number of ether oxygens (including phenoxy) is 1. The van der Waals surface area contributed by atoms with Crippen molar-refractivity contribution in [2.75, 3.05) is 63.9 Å². The number of aliphatic imine (C=N–C) groups is 1. The normalized spacial score (nSPS) is 22.0. The van der Waals surface area contributed by atoms with E-state index in [1.54, 1.807) is 12.4 Å². The Morgan fingerprint density at radius 1 is 1.22 bits per heavy atom. The van der Waals surface area contributed by atoms with E-state index in [0.29, 0.717) is 18.4 Å². The van der Waals surface area contributed by atoms with Crippen molar-refractivity contribution in [1.82, 2.24) is 19.8 Å². The highest BCUT2D eigenvalue weighted by atomic mass is 127. The molecule has 0 aliphatic carbocycles. The molecule has 0 aromatic carbocycles. The molecule has 0 amide bonds. The van der Waals surface area contributed by atoms with E-state index in [9.17, 15) is 0 Å². The van der Waals surface area contributed by atoms with Crippen LogP contribution >= 0.6 is 24.0 Å². The number of halogens is 1. The highest BCUT2D eigenvalue weighted by molar-refractivity contribution is 14.0. The first kappa shape index (κ1) is 22.1. The van der Waals surface area contributed by atoms with Crippen LogP contribution in [-0.2, 0) is 4.74 Å². The largest absolute Gasteiger partial charge is 0.374 e. The quantitative estimate of drug-likeness (QED) is 0.374. The number of guanidine groups is 1. The average Bonchev–Trinajstić information content (AvgIpc) is 2.67. The van der Waals surface area contributed by atoms with Crippen LogP contribution in [0.3, 0.4) is 0 Å². The number of hydrogen-bond acceptors (Lipinski definition) is 6. The van der Waals surface area contributed by atoms with Gasteiger partial charge in [0.25, 0.3) is 0 Å². The molecule has 1 aromatic heterocycles. The predicted octanol–water partition coefficient (Wildman–Crippen LogP) is 0.888. The predicted molar refractivity (Wildman–Crippen MR) is 119 cm³/mol. The van der Waals surface area contributed by atoms with Gasteiger partial charge < -0.3 is 20.3 Å². The van der Waals surface area contributed by atoms with E-state index >= 15 is 0 Å². The van der Waals surface area contributed by atoms with Crippen LogP contribution in [0.4, 0.5) is 5.95 Å². The van der Waals surface area contributed by atoms with Gasteiger partial charge in [0.05, 0.1) is 19.3 Å². The zero-order valence-corrected chi connectivity index (χ0v) is 18.7. The third-order valence-electron chi connectivity index (χ3n) is 4.74. The summed E-state index contributed by atoms with van der Waals surface area (Å²) in [5.74, 6) is 2.07. The van der Waals surface area contributed by atoms with Crippen molar-refractivity contribution in [2.24, 2.45) is 16.6 Å². The fraction of sp³-hybridized carbons (Fsp3) is 0.722. The molecule has 1 atom stereocenters. The van der Waals surface area contributed by atoms with Crippen LogP contribution in [0.2, 0.25) is 0 Å². The van der Waals surface area contributed by atoms with Crippen LogP contribution < -0.4 is 10.6 Å². The van der Waals surface area contributed by atoms with Gasteiger partial charge in [0.2, 0.25) is 5.95 Å². The van der Waals surface area contributed by atoms with E-state index in [2.05, 4.69) is 43.5 Å². The Labute approximate surface area is 179 Å². The topological polar surface area (TPSA) is 83.1 Å². The second kappa shape index (κ2) is 11.0. The zero-order chi connectivity index (χ0) is 18.4. The van der Waals surface area contributed by atoms with Crippen molar-refractivity contribution in [3.05, 3.63) is 18.5 Å². The van der Waals surface area contributed by atoms with Gasteiger partial charge in [-0.25, -0.2) is 9.97 Å². The number of nitrogens with two attached hydrogens (primary N) is 1. The number of hydrogen-bond donors (Lipinski definition) is 1. The minimum absolute atomic E-state index is 0. The summed E-state index contributed by atoms with van der Waals surface area (Å²) in [5.41, 5.74) is 6.22. The van der Waals surface area contributed by atoms with Crippen LogP contribution in [0.5, 0.6) is 0 Å². The molecule has 2 aliphatic heterocycles. The standard InChI is InChI=1S/C18H31N7O.HI/c1-15(2)13-23-10-11-26-16(14-23)12-22-17(19)24-6-8-25(9-7-24)18-20-4-3-5-21-18;/h3-5,15-16H,6-14H2,1-2H3,(H2,19,22);1H. The van der Waals surface area contributed by atoms with E-state index in [4.69, 9.17) is 10.5 Å². The molecule has 2 fully saturated rings. The first-order valence-electron chi connectivity index (χ1n) is 9.52. The van der Waals surface area contributed by atoms with Crippen LogP contribution in [0.15, 0.2) is 23.5 Å². The molecule has 1 aromatic rings. The molecule has 0 bridgehead atoms. The molecular formula is C18H32IN7O. The summed E-state index contributed by atoms with van der Waals surface area (Å²) in [6, 6.07) is 1.83. The van der Waals surface area contributed by atoms with E-state index in [0.717, 1.165) is 58.4 Å². The summed E-state index contributed by atoms with van der Waals surface area (Å²) >= 11 is 0. The van der Waals surface area contributed by atoms with Crippen molar-refractivity contribution in [1.29, 1.82) is 0 Å². The summed E-state index contributed by atoms with van der Waals surface area (Å²) in [6.07, 6.45) is 3.69. The molecule has 27 heavy (non-hydrogen) atoms. The van der Waals surface area contributed by atoms with Gasteiger partial charge in [0, 0.05) is 58.2 Å². The molecule has 0 saturated carbocycles. The summed E-state index contributed by atoms with van der Waals surface area (Å²) < 4.78 is 5.85. The Kier molecular flexibility index (Phi) is 8.97. The van der Waals surface area contributed by atoms with Gasteiger partial charge in [0.1, 0.15) is 0 Å². The highest BCUT2D eigenvalue weighted by Crippen LogP contribution is 2.11. The second-order valence-electron chi connectivity index (χ2n) is 7.37. The van der Waals surface area contributed by atoms with E-state index in [-0.39, 0.29) is 30.1 Å². The summed E-state index contributed by atoms with van der Waals surface area (Å²) in [5, 5.41) is 0. The van der Waals surface area contributed by atoms with Gasteiger partial charge in [-0.15, -0.1) is 24.0 Å². The Hall–Kier alpha value is -1.20. The van der Waals surface area contributed by atoms with Gasteiger partial charge in [-0.2, -0.15) is 0 Å². The molecule has 3 rings (SSSR count). The van der Waals surface area contributed by atoms with Crippen molar-refractivity contribution in [2.45, 2.75) is 20.0 Å². The Morgan fingerprint density at radius 2 is 1.93 bits per heavy atom. The number of morpholine rings is 1. The third-order valence-corrected chi connectivity index (χ3v) is 4.74. The molecule has 8 nitrogen and oxygen atoms in total. The second-order valence-corrected chi connectivity index (χ2v) is 7.37. The highest BCUT2D eigenvalue weighted by Gasteiger charge is 2.22. The van der Waals surface area contributed by atoms with Gasteiger partial charge in [-0.05, 0) is 12.0 Å². The third kappa shape index (κ3) is 6.72. The fourth-order valence-corrected chi connectivity index (χ4v) is 3.46. The summed E-state index contributed by atoms with van der Waals surface area (Å²) in [7, 11) is 0. The molecule has 0 spiro atoms. The van der Waals surface area contributed by atoms with Crippen LogP contribution in [0.1, 0.15) is 13.8 Å². The van der Waals surface area contributed by atoms with Crippen LogP contribution in [0, 0.1) is 5.92 Å². The zero-order valence-electron chi connectivity index (χ0n) is 16.3. The van der Waals surface area contributed by atoms with Crippen molar-refractivity contribution < 1.29 is 4.74 Å². The number of anilines is 1. The lowest BCUT2D eigenvalue weighted by atomic mass is 10.2. The number of rotatable bonds is 5. The fourth-order valence-electron chi connectivity index (χ4n) is 3.46. The number of nitrogens with zero attached hydrogens (tertiary/aromatic N) is 6. The van der Waals surface area contributed by atoms with Crippen molar-refractivity contribution in [3.8, 4) is 0 Å². The SMILES string of the molecule is CC(C)CN1CCOC(CN=C(N)N2CCN(c3ncccn3)CC2)C1.I. The average molecular weight is 489 g/mol. The smallest absolute Gasteiger partial charge is 0.225 e. The Morgan fingerprint density at radius 3 is 2.59 bits per heavy atom. The molecule has 1 unspecified atom stereocenters. The first-order chi connectivity index (χ1) is 12.6. The lowest BCUT2D eigenvalue weighted by Gasteiger charge is -2.36. The Bertz CT molecular complexity index is 578. The molecular weight excluding hydrogens is 457 g/mol. The Balaban J connectivity index is 0.00000261. The molecule has 2 saturated heterocycles. The molecule has 152 valence electrons. The lowest BCUT2D eigenvalue weighted by Crippen LogP contribution is -2.52. The van der Waals surface area contributed by atoms with Crippen molar-refractivity contribution >= 4 is 35.9 Å². The first-order valence-corrected chi connectivity index (χ1v) is 9.52. The number of piperazine rings is 1. The minimum Gasteiger partial charge on any atom is -0.374 e. The van der Waals surface area contributed by atoms with Crippen molar-refractivity contribution in [3.63, 3.8) is 0 Å². The maximum absolute atomic E-state index is 6.22. The molecule has 2 N–H and O–H groups in total. The van der Waals surface area contributed by atoms with E-state index in [1.165, 1.54) is 0 Å². The monoisotopic (exact) mass is 489 g/mol. The maximum Gasteiger partial charge on any atom is 0.225 e. The van der Waals surface area contributed by atoms with Gasteiger partial charge in [0.15, 0.2) is 5.96 Å². The summed E-state index contributed by atoms with van der Waals surface area (Å²) in [6.45, 7) is 12.3.